The number of hydrogen-bond acceptors (Lipinski definition) is 2. The minimum atomic E-state index is 0.286. The number of hydrogen-bond donors (Lipinski definition) is 1. The Balaban J connectivity index is 1.07. The molecule has 4 nitrogen and oxygen atoms in total. The predicted octanol–water partition coefficient (Wildman–Crippen LogP) is 6.15. The molecular weight excluding hydrogens is 418 g/mol. The lowest BCUT2D eigenvalue weighted by atomic mass is 9.89. The highest BCUT2D eigenvalue weighted by Gasteiger charge is 2.24. The number of aromatic amines is 1. The number of carbonyl (C=O) groups is 1. The molecule has 2 aliphatic rings. The molecule has 0 radical (unpaired) electrons. The van der Waals surface area contributed by atoms with Crippen molar-refractivity contribution in [3.05, 3.63) is 64.8 Å². The number of piperidine rings is 1. The highest BCUT2D eigenvalue weighted by atomic mass is 35.5. The van der Waals surface area contributed by atoms with Crippen LogP contribution in [0.4, 0.5) is 5.69 Å². The summed E-state index contributed by atoms with van der Waals surface area (Å²) in [6.45, 7) is 4.22. The molecule has 0 spiro atoms. The molecule has 0 unspecified atom stereocenters. The molecule has 2 aliphatic heterocycles. The lowest BCUT2D eigenvalue weighted by Gasteiger charge is -2.32. The van der Waals surface area contributed by atoms with Crippen LogP contribution >= 0.6 is 11.6 Å². The van der Waals surface area contributed by atoms with Crippen molar-refractivity contribution >= 4 is 34.1 Å². The third-order valence-corrected chi connectivity index (χ3v) is 7.57. The van der Waals surface area contributed by atoms with Gasteiger partial charge in [-0.3, -0.25) is 4.79 Å². The van der Waals surface area contributed by atoms with Crippen LogP contribution in [0.25, 0.3) is 10.9 Å². The fourth-order valence-electron chi connectivity index (χ4n) is 5.48. The number of fused-ring (bicyclic) bond motifs is 2. The van der Waals surface area contributed by atoms with E-state index in [4.69, 9.17) is 11.6 Å². The fraction of sp³-hybridized carbons (Fsp3) is 0.444. The van der Waals surface area contributed by atoms with E-state index in [1.165, 1.54) is 29.4 Å². The lowest BCUT2D eigenvalue weighted by Crippen LogP contribution is -2.36. The third kappa shape index (κ3) is 4.44. The van der Waals surface area contributed by atoms with Gasteiger partial charge in [-0.25, -0.2) is 0 Å². The number of H-pyrrole nitrogens is 1. The van der Waals surface area contributed by atoms with Gasteiger partial charge in [0.15, 0.2) is 0 Å². The van der Waals surface area contributed by atoms with Gasteiger partial charge in [0.2, 0.25) is 5.91 Å². The summed E-state index contributed by atoms with van der Waals surface area (Å²) in [7, 11) is 0. The monoisotopic (exact) mass is 449 g/mol. The molecule has 0 atom stereocenters. The van der Waals surface area contributed by atoms with Gasteiger partial charge in [0.25, 0.3) is 0 Å². The first kappa shape index (κ1) is 21.5. The van der Waals surface area contributed by atoms with Crippen molar-refractivity contribution in [2.75, 3.05) is 31.1 Å². The van der Waals surface area contributed by atoms with Gasteiger partial charge in [-0.15, -0.1) is 0 Å². The van der Waals surface area contributed by atoms with E-state index >= 15 is 0 Å². The summed E-state index contributed by atoms with van der Waals surface area (Å²) in [6, 6.07) is 14.5. The molecule has 3 aromatic rings. The molecule has 0 bridgehead atoms. The van der Waals surface area contributed by atoms with Crippen molar-refractivity contribution in [2.45, 2.75) is 50.9 Å². The number of anilines is 1. The first-order valence-corrected chi connectivity index (χ1v) is 12.4. The molecule has 32 heavy (non-hydrogen) atoms. The molecule has 0 aliphatic carbocycles. The smallest absolute Gasteiger partial charge is 0.226 e. The number of rotatable bonds is 6. The van der Waals surface area contributed by atoms with Crippen LogP contribution in [-0.2, 0) is 11.2 Å². The van der Waals surface area contributed by atoms with Crippen LogP contribution in [0, 0.1) is 0 Å². The largest absolute Gasteiger partial charge is 0.360 e. The summed E-state index contributed by atoms with van der Waals surface area (Å²) >= 11 is 6.33. The molecule has 1 fully saturated rings. The van der Waals surface area contributed by atoms with E-state index in [0.29, 0.717) is 12.3 Å². The molecule has 1 aromatic heterocycles. The molecule has 5 rings (SSSR count). The van der Waals surface area contributed by atoms with Gasteiger partial charge in [-0.05, 0) is 87.3 Å². The molecule has 5 heteroatoms. The maximum absolute atomic E-state index is 12.8. The van der Waals surface area contributed by atoms with E-state index in [-0.39, 0.29) is 5.91 Å². The Hall–Kier alpha value is -2.30. The number of nitrogens with zero attached hydrogens (tertiary/aromatic N) is 2. The Morgan fingerprint density at radius 3 is 2.75 bits per heavy atom. The van der Waals surface area contributed by atoms with Crippen LogP contribution in [0.3, 0.4) is 0 Å². The number of likely N-dealkylation sites (tertiary alicyclic amines) is 1. The van der Waals surface area contributed by atoms with Crippen LogP contribution in [-0.4, -0.2) is 42.0 Å². The van der Waals surface area contributed by atoms with Crippen molar-refractivity contribution < 1.29 is 4.79 Å². The molecule has 168 valence electrons. The van der Waals surface area contributed by atoms with E-state index in [0.717, 1.165) is 68.1 Å². The van der Waals surface area contributed by atoms with Gasteiger partial charge in [0.1, 0.15) is 0 Å². The number of unbranched alkanes of at least 4 members (excludes halogenated alkanes) is 1. The highest BCUT2D eigenvalue weighted by Crippen LogP contribution is 2.35. The Bertz CT molecular complexity index is 1080. The Kier molecular flexibility index (Phi) is 6.52. The SMILES string of the molecule is O=C(CCCCN1CCC(c2c[nH]c3c(Cl)cccc23)CC1)N1CCCc2ccccc21. The number of carbonyl (C=O) groups excluding carboxylic acids is 1. The van der Waals surface area contributed by atoms with Crippen LogP contribution in [0.1, 0.15) is 55.6 Å². The zero-order valence-corrected chi connectivity index (χ0v) is 19.4. The highest BCUT2D eigenvalue weighted by molar-refractivity contribution is 6.35. The van der Waals surface area contributed by atoms with E-state index in [2.05, 4.69) is 40.3 Å². The second-order valence-corrected chi connectivity index (χ2v) is 9.66. The van der Waals surface area contributed by atoms with Gasteiger partial charge < -0.3 is 14.8 Å². The zero-order chi connectivity index (χ0) is 21.9. The number of benzene rings is 2. The second kappa shape index (κ2) is 9.68. The molecular formula is C27H32ClN3O. The number of amides is 1. The Labute approximate surface area is 195 Å². The van der Waals surface area contributed by atoms with Gasteiger partial charge in [-0.1, -0.05) is 41.9 Å². The summed E-state index contributed by atoms with van der Waals surface area (Å²) in [4.78, 5) is 20.8. The van der Waals surface area contributed by atoms with Crippen molar-refractivity contribution in [3.63, 3.8) is 0 Å². The number of nitrogens with one attached hydrogen (secondary N) is 1. The van der Waals surface area contributed by atoms with Crippen LogP contribution in [0.15, 0.2) is 48.7 Å². The average molecular weight is 450 g/mol. The Morgan fingerprint density at radius 2 is 1.88 bits per heavy atom. The summed E-state index contributed by atoms with van der Waals surface area (Å²) in [5.41, 5.74) is 4.92. The quantitative estimate of drug-likeness (QED) is 0.458. The van der Waals surface area contributed by atoms with Gasteiger partial charge in [0, 0.05) is 30.2 Å². The summed E-state index contributed by atoms with van der Waals surface area (Å²) in [5.74, 6) is 0.882. The second-order valence-electron chi connectivity index (χ2n) is 9.26. The average Bonchev–Trinajstić information content (AvgIpc) is 3.27. The topological polar surface area (TPSA) is 39.3 Å². The number of aromatic nitrogens is 1. The molecule has 1 amide bonds. The summed E-state index contributed by atoms with van der Waals surface area (Å²) in [6.07, 6.45) is 9.39. The van der Waals surface area contributed by atoms with E-state index in [9.17, 15) is 4.79 Å². The van der Waals surface area contributed by atoms with Crippen LogP contribution in [0.2, 0.25) is 5.02 Å². The van der Waals surface area contributed by atoms with Gasteiger partial charge in [-0.2, -0.15) is 0 Å². The zero-order valence-electron chi connectivity index (χ0n) is 18.7. The maximum atomic E-state index is 12.8. The summed E-state index contributed by atoms with van der Waals surface area (Å²) in [5, 5.41) is 2.07. The molecule has 1 saturated heterocycles. The number of para-hydroxylation sites is 2. The first-order valence-electron chi connectivity index (χ1n) is 12.1. The van der Waals surface area contributed by atoms with Gasteiger partial charge >= 0.3 is 0 Å². The molecule has 1 N–H and O–H groups in total. The van der Waals surface area contributed by atoms with E-state index in [1.807, 2.05) is 23.1 Å². The Morgan fingerprint density at radius 1 is 1.03 bits per heavy atom. The van der Waals surface area contributed by atoms with Crippen molar-refractivity contribution in [1.29, 1.82) is 0 Å². The standard InChI is InChI=1S/C27H32ClN3O/c28-24-10-5-9-22-23(19-29-27(22)24)20-13-17-30(18-14-20)15-4-3-12-26(32)31-16-6-8-21-7-1-2-11-25(21)31/h1-2,5,7,9-11,19-20,29H,3-4,6,8,12-18H2. The molecule has 3 heterocycles. The normalized spacial score (nSPS) is 17.6. The summed E-state index contributed by atoms with van der Waals surface area (Å²) < 4.78 is 0. The van der Waals surface area contributed by atoms with Gasteiger partial charge in [0.05, 0.1) is 10.5 Å². The molecule has 2 aromatic carbocycles. The third-order valence-electron chi connectivity index (χ3n) is 7.25. The van der Waals surface area contributed by atoms with Crippen LogP contribution in [0.5, 0.6) is 0 Å². The first-order chi connectivity index (χ1) is 15.7. The van der Waals surface area contributed by atoms with Crippen LogP contribution < -0.4 is 4.90 Å². The van der Waals surface area contributed by atoms with E-state index in [1.54, 1.807) is 0 Å². The fourth-order valence-corrected chi connectivity index (χ4v) is 5.71. The maximum Gasteiger partial charge on any atom is 0.226 e. The lowest BCUT2D eigenvalue weighted by molar-refractivity contribution is -0.118. The molecule has 0 saturated carbocycles. The minimum absolute atomic E-state index is 0.286. The minimum Gasteiger partial charge on any atom is -0.360 e. The van der Waals surface area contributed by atoms with E-state index < -0.39 is 0 Å². The number of aryl methyl sites for hydroxylation is 1. The van der Waals surface area contributed by atoms with Crippen molar-refractivity contribution in [2.24, 2.45) is 0 Å². The van der Waals surface area contributed by atoms with Crippen molar-refractivity contribution in [1.82, 2.24) is 9.88 Å². The number of halogens is 1. The van der Waals surface area contributed by atoms with Crippen molar-refractivity contribution in [3.8, 4) is 0 Å². The predicted molar refractivity (Wildman–Crippen MR) is 133 cm³/mol.